The summed E-state index contributed by atoms with van der Waals surface area (Å²) in [5.74, 6) is 1.13. The lowest BCUT2D eigenvalue weighted by molar-refractivity contribution is 0.0943. The summed E-state index contributed by atoms with van der Waals surface area (Å²) >= 11 is 0. The average Bonchev–Trinajstić information content (AvgIpc) is 3.45. The van der Waals surface area contributed by atoms with Crippen molar-refractivity contribution in [1.82, 2.24) is 20.6 Å². The number of carbonyl (C=O) groups excluding carboxylic acids is 1. The van der Waals surface area contributed by atoms with Crippen LogP contribution in [0.15, 0.2) is 36.5 Å². The highest BCUT2D eigenvalue weighted by Gasteiger charge is 2.27. The van der Waals surface area contributed by atoms with E-state index in [1.54, 1.807) is 12.3 Å². The van der Waals surface area contributed by atoms with Crippen molar-refractivity contribution in [2.75, 3.05) is 13.1 Å². The van der Waals surface area contributed by atoms with E-state index in [-0.39, 0.29) is 24.4 Å². The van der Waals surface area contributed by atoms with E-state index in [9.17, 15) is 4.79 Å². The van der Waals surface area contributed by atoms with Gasteiger partial charge in [-0.2, -0.15) is 0 Å². The van der Waals surface area contributed by atoms with Gasteiger partial charge in [0.25, 0.3) is 5.91 Å². The monoisotopic (exact) mass is 344 g/mol. The van der Waals surface area contributed by atoms with Crippen LogP contribution in [-0.4, -0.2) is 29.0 Å². The van der Waals surface area contributed by atoms with Crippen molar-refractivity contribution in [2.24, 2.45) is 0 Å². The van der Waals surface area contributed by atoms with Crippen molar-refractivity contribution >= 4 is 18.3 Å². The van der Waals surface area contributed by atoms with Gasteiger partial charge in [0.05, 0.1) is 0 Å². The van der Waals surface area contributed by atoms with Crippen molar-refractivity contribution in [3.63, 3.8) is 0 Å². The quantitative estimate of drug-likeness (QED) is 0.893. The summed E-state index contributed by atoms with van der Waals surface area (Å²) in [5, 5.41) is 6.48. The molecule has 1 unspecified atom stereocenters. The standard InChI is InChI=1S/C18H20N4O.ClH/c23-18(15-8-10-20-17(22-15)13-5-6-13)21-11-16-14-4-2-1-3-12(14)7-9-19-16;/h1-4,8,10,13,16,19H,5-7,9,11H2,(H,21,23);1H. The SMILES string of the molecule is Cl.O=C(NCC1NCCc2ccccc21)c1ccnc(C2CC2)n1. The van der Waals surface area contributed by atoms with Crippen LogP contribution in [0.5, 0.6) is 0 Å². The summed E-state index contributed by atoms with van der Waals surface area (Å²) in [7, 11) is 0. The molecule has 4 rings (SSSR count). The topological polar surface area (TPSA) is 66.9 Å². The third-order valence-electron chi connectivity index (χ3n) is 4.53. The molecule has 1 amide bonds. The zero-order valence-electron chi connectivity index (χ0n) is 13.4. The van der Waals surface area contributed by atoms with E-state index in [1.807, 2.05) is 6.07 Å². The number of rotatable bonds is 4. The van der Waals surface area contributed by atoms with Gasteiger partial charge in [0, 0.05) is 24.7 Å². The molecule has 2 heterocycles. The van der Waals surface area contributed by atoms with Gasteiger partial charge in [-0.1, -0.05) is 24.3 Å². The van der Waals surface area contributed by atoms with Crippen LogP contribution >= 0.6 is 12.4 Å². The molecule has 1 fully saturated rings. The number of halogens is 1. The lowest BCUT2D eigenvalue weighted by atomic mass is 9.94. The van der Waals surface area contributed by atoms with Gasteiger partial charge in [-0.25, -0.2) is 9.97 Å². The number of aromatic nitrogens is 2. The summed E-state index contributed by atoms with van der Waals surface area (Å²) in [6.07, 6.45) is 4.99. The largest absolute Gasteiger partial charge is 0.349 e. The molecule has 2 N–H and O–H groups in total. The molecule has 126 valence electrons. The maximum absolute atomic E-state index is 12.4. The lowest BCUT2D eigenvalue weighted by Gasteiger charge is -2.27. The van der Waals surface area contributed by atoms with Crippen LogP contribution < -0.4 is 10.6 Å². The molecule has 1 aliphatic heterocycles. The predicted octanol–water partition coefficient (Wildman–Crippen LogP) is 2.39. The molecule has 2 aromatic rings. The highest BCUT2D eigenvalue weighted by molar-refractivity contribution is 5.92. The first kappa shape index (κ1) is 16.9. The molecule has 1 saturated carbocycles. The van der Waals surface area contributed by atoms with Crippen LogP contribution in [0.25, 0.3) is 0 Å². The fourth-order valence-electron chi connectivity index (χ4n) is 3.10. The van der Waals surface area contributed by atoms with Gasteiger partial charge in [-0.15, -0.1) is 12.4 Å². The molecule has 0 saturated heterocycles. The van der Waals surface area contributed by atoms with Gasteiger partial charge in [-0.3, -0.25) is 4.79 Å². The summed E-state index contributed by atoms with van der Waals surface area (Å²) in [6, 6.07) is 10.3. The van der Waals surface area contributed by atoms with Crippen LogP contribution in [0.3, 0.4) is 0 Å². The molecule has 0 radical (unpaired) electrons. The number of nitrogens with zero attached hydrogens (tertiary/aromatic N) is 2. The molecule has 1 aliphatic carbocycles. The zero-order chi connectivity index (χ0) is 15.6. The minimum atomic E-state index is -0.126. The Hall–Kier alpha value is -1.98. The minimum absolute atomic E-state index is 0. The fraction of sp³-hybridized carbons (Fsp3) is 0.389. The number of carbonyl (C=O) groups is 1. The van der Waals surface area contributed by atoms with Crippen molar-refractivity contribution in [1.29, 1.82) is 0 Å². The molecule has 1 aromatic heterocycles. The fourth-order valence-corrected chi connectivity index (χ4v) is 3.10. The second kappa shape index (κ2) is 7.28. The number of hydrogen-bond acceptors (Lipinski definition) is 4. The Morgan fingerprint density at radius 3 is 2.92 bits per heavy atom. The number of fused-ring (bicyclic) bond motifs is 1. The van der Waals surface area contributed by atoms with Gasteiger partial charge in [0.2, 0.25) is 0 Å². The van der Waals surface area contributed by atoms with Crippen LogP contribution in [0.4, 0.5) is 0 Å². The Bertz CT molecular complexity index is 732. The second-order valence-electron chi connectivity index (χ2n) is 6.24. The zero-order valence-corrected chi connectivity index (χ0v) is 14.2. The maximum Gasteiger partial charge on any atom is 0.270 e. The number of amides is 1. The van der Waals surface area contributed by atoms with Gasteiger partial charge in [0.1, 0.15) is 11.5 Å². The third-order valence-corrected chi connectivity index (χ3v) is 4.53. The van der Waals surface area contributed by atoms with Crippen molar-refractivity contribution in [3.8, 4) is 0 Å². The molecular formula is C18H21ClN4O. The first-order valence-electron chi connectivity index (χ1n) is 8.23. The Labute approximate surface area is 147 Å². The van der Waals surface area contributed by atoms with Crippen LogP contribution in [0, 0.1) is 0 Å². The molecule has 5 nitrogen and oxygen atoms in total. The average molecular weight is 345 g/mol. The Morgan fingerprint density at radius 1 is 1.25 bits per heavy atom. The molecular weight excluding hydrogens is 324 g/mol. The highest BCUT2D eigenvalue weighted by atomic mass is 35.5. The van der Waals surface area contributed by atoms with Crippen LogP contribution in [-0.2, 0) is 6.42 Å². The normalized spacial score (nSPS) is 19.1. The number of benzene rings is 1. The van der Waals surface area contributed by atoms with E-state index in [0.29, 0.717) is 18.2 Å². The molecule has 1 aromatic carbocycles. The van der Waals surface area contributed by atoms with Gasteiger partial charge in [0.15, 0.2) is 0 Å². The van der Waals surface area contributed by atoms with E-state index in [0.717, 1.165) is 31.6 Å². The number of nitrogens with one attached hydrogen (secondary N) is 2. The Morgan fingerprint density at radius 2 is 2.08 bits per heavy atom. The van der Waals surface area contributed by atoms with Crippen molar-refractivity contribution in [3.05, 3.63) is 59.2 Å². The minimum Gasteiger partial charge on any atom is -0.349 e. The summed E-state index contributed by atoms with van der Waals surface area (Å²) in [4.78, 5) is 21.0. The summed E-state index contributed by atoms with van der Waals surface area (Å²) in [6.45, 7) is 1.51. The van der Waals surface area contributed by atoms with Crippen molar-refractivity contribution in [2.45, 2.75) is 31.2 Å². The van der Waals surface area contributed by atoms with E-state index in [1.165, 1.54) is 11.1 Å². The molecule has 0 bridgehead atoms. The Kier molecular flexibility index (Phi) is 5.11. The Balaban J connectivity index is 0.00000169. The van der Waals surface area contributed by atoms with Gasteiger partial charge < -0.3 is 10.6 Å². The van der Waals surface area contributed by atoms with Gasteiger partial charge >= 0.3 is 0 Å². The molecule has 0 spiro atoms. The van der Waals surface area contributed by atoms with E-state index in [2.05, 4.69) is 38.8 Å². The lowest BCUT2D eigenvalue weighted by Crippen LogP contribution is -2.39. The molecule has 1 atom stereocenters. The predicted molar refractivity (Wildman–Crippen MR) is 94.5 cm³/mol. The smallest absolute Gasteiger partial charge is 0.270 e. The molecule has 6 heteroatoms. The first-order valence-corrected chi connectivity index (χ1v) is 8.23. The van der Waals surface area contributed by atoms with Crippen LogP contribution in [0.1, 0.15) is 52.2 Å². The second-order valence-corrected chi connectivity index (χ2v) is 6.24. The van der Waals surface area contributed by atoms with E-state index < -0.39 is 0 Å². The number of hydrogen-bond donors (Lipinski definition) is 2. The van der Waals surface area contributed by atoms with E-state index >= 15 is 0 Å². The highest BCUT2D eigenvalue weighted by Crippen LogP contribution is 2.37. The molecule has 24 heavy (non-hydrogen) atoms. The van der Waals surface area contributed by atoms with Crippen molar-refractivity contribution < 1.29 is 4.79 Å². The molecule has 2 aliphatic rings. The van der Waals surface area contributed by atoms with Gasteiger partial charge in [-0.05, 0) is 43.0 Å². The van der Waals surface area contributed by atoms with Crippen LogP contribution in [0.2, 0.25) is 0 Å². The maximum atomic E-state index is 12.4. The summed E-state index contributed by atoms with van der Waals surface area (Å²) in [5.41, 5.74) is 3.11. The summed E-state index contributed by atoms with van der Waals surface area (Å²) < 4.78 is 0. The van der Waals surface area contributed by atoms with E-state index in [4.69, 9.17) is 0 Å². The first-order chi connectivity index (χ1) is 11.3. The third kappa shape index (κ3) is 3.57.